The maximum atomic E-state index is 11.7. The summed E-state index contributed by atoms with van der Waals surface area (Å²) in [4.78, 5) is 46.8. The molecule has 216 valence electrons. The second-order valence-corrected chi connectivity index (χ2v) is 10.6. The minimum atomic E-state index is -0.714. The molecule has 1 aliphatic rings. The van der Waals surface area contributed by atoms with Gasteiger partial charge < -0.3 is 19.3 Å². The third-order valence-electron chi connectivity index (χ3n) is 6.74. The molecule has 15 heteroatoms. The molecule has 1 aliphatic heterocycles. The summed E-state index contributed by atoms with van der Waals surface area (Å²) in [7, 11) is 0. The fourth-order valence-electron chi connectivity index (χ4n) is 4.72. The van der Waals surface area contributed by atoms with Crippen LogP contribution in [-0.2, 0) is 20.8 Å². The van der Waals surface area contributed by atoms with Crippen molar-refractivity contribution < 1.29 is 24.3 Å². The van der Waals surface area contributed by atoms with Gasteiger partial charge in [0, 0.05) is 48.2 Å². The molecule has 3 N–H and O–H groups in total. The van der Waals surface area contributed by atoms with Crippen LogP contribution in [-0.4, -0.2) is 86.7 Å². The van der Waals surface area contributed by atoms with Crippen LogP contribution in [0.3, 0.4) is 0 Å². The number of fused-ring (bicyclic) bond motifs is 2. The van der Waals surface area contributed by atoms with Crippen molar-refractivity contribution in [2.75, 3.05) is 49.3 Å². The van der Waals surface area contributed by atoms with E-state index in [-0.39, 0.29) is 12.2 Å². The Morgan fingerprint density at radius 3 is 2.76 bits per heavy atom. The maximum absolute atomic E-state index is 11.7. The molecule has 6 rings (SSSR count). The van der Waals surface area contributed by atoms with Crippen LogP contribution in [0.15, 0.2) is 42.9 Å². The van der Waals surface area contributed by atoms with E-state index in [0.29, 0.717) is 51.2 Å². The molecular formula is C27H27N9O5S. The van der Waals surface area contributed by atoms with Crippen LogP contribution in [0.1, 0.15) is 22.2 Å². The molecule has 5 aromatic rings. The number of H-pyrrole nitrogens is 1. The zero-order valence-electron chi connectivity index (χ0n) is 22.6. The van der Waals surface area contributed by atoms with E-state index in [1.165, 1.54) is 19.3 Å². The third-order valence-corrected chi connectivity index (χ3v) is 7.84. The molecular weight excluding hydrogens is 562 g/mol. The van der Waals surface area contributed by atoms with Crippen molar-refractivity contribution in [1.29, 1.82) is 0 Å². The molecule has 1 amide bonds. The third kappa shape index (κ3) is 5.70. The van der Waals surface area contributed by atoms with Gasteiger partial charge in [-0.25, -0.2) is 25.4 Å². The molecule has 1 aromatic carbocycles. The first-order valence-corrected chi connectivity index (χ1v) is 14.0. The number of esters is 1. The van der Waals surface area contributed by atoms with E-state index in [1.54, 1.807) is 23.0 Å². The Bertz CT molecular complexity index is 1730. The highest BCUT2D eigenvalue weighted by molar-refractivity contribution is 7.19. The summed E-state index contributed by atoms with van der Waals surface area (Å²) in [5, 5.41) is 17.1. The predicted octanol–water partition coefficient (Wildman–Crippen LogP) is 2.55. The number of amides is 1. The first-order chi connectivity index (χ1) is 20.5. The minimum absolute atomic E-state index is 0.105. The van der Waals surface area contributed by atoms with Gasteiger partial charge >= 0.3 is 5.97 Å². The Balaban J connectivity index is 1.38. The number of hydrogen-bond donors (Lipinski definition) is 3. The largest absolute Gasteiger partial charge is 0.464 e. The van der Waals surface area contributed by atoms with Crippen LogP contribution in [0.2, 0.25) is 0 Å². The number of carbonyl (C=O) groups is 2. The predicted molar refractivity (Wildman–Crippen MR) is 155 cm³/mol. The van der Waals surface area contributed by atoms with E-state index in [2.05, 4.69) is 25.1 Å². The van der Waals surface area contributed by atoms with Crippen LogP contribution in [0.4, 0.5) is 11.8 Å². The highest BCUT2D eigenvalue weighted by Gasteiger charge is 2.22. The standard InChI is InChI=1S/C27H27N9O5S/c1-16(37)41-10-7-36(27-28-12-17(13-29-27)26(38)34-39)15-18-11-22-23(42-18)25(35-5-8-40-9-6-35)32-24(31-22)19-3-2-4-21-20(19)14-30-33-21/h2-4,11-14,39H,5-10,15H2,1H3,(H,30,33)(H,34,38). The van der Waals surface area contributed by atoms with E-state index in [9.17, 15) is 9.59 Å². The van der Waals surface area contributed by atoms with Crippen molar-refractivity contribution in [2.24, 2.45) is 0 Å². The molecule has 0 bridgehead atoms. The Labute approximate surface area is 243 Å². The number of rotatable bonds is 9. The molecule has 42 heavy (non-hydrogen) atoms. The molecule has 1 saturated heterocycles. The van der Waals surface area contributed by atoms with Crippen molar-refractivity contribution in [2.45, 2.75) is 13.5 Å². The molecule has 14 nitrogen and oxygen atoms in total. The van der Waals surface area contributed by atoms with Gasteiger partial charge in [0.1, 0.15) is 6.61 Å². The molecule has 0 saturated carbocycles. The second-order valence-electron chi connectivity index (χ2n) is 9.51. The van der Waals surface area contributed by atoms with Crippen LogP contribution >= 0.6 is 11.3 Å². The lowest BCUT2D eigenvalue weighted by Crippen LogP contribution is -2.36. The van der Waals surface area contributed by atoms with Crippen LogP contribution in [0, 0.1) is 0 Å². The normalized spacial score (nSPS) is 13.4. The smallest absolute Gasteiger partial charge is 0.302 e. The summed E-state index contributed by atoms with van der Waals surface area (Å²) in [6, 6.07) is 7.93. The molecule has 0 unspecified atom stereocenters. The van der Waals surface area contributed by atoms with Gasteiger partial charge in [0.05, 0.1) is 53.8 Å². The summed E-state index contributed by atoms with van der Waals surface area (Å²) in [6.07, 6.45) is 4.42. The van der Waals surface area contributed by atoms with Gasteiger partial charge in [0.15, 0.2) is 11.6 Å². The summed E-state index contributed by atoms with van der Waals surface area (Å²) in [5.41, 5.74) is 4.27. The molecule has 0 spiro atoms. The van der Waals surface area contributed by atoms with Crippen molar-refractivity contribution in [1.82, 2.24) is 35.6 Å². The minimum Gasteiger partial charge on any atom is -0.464 e. The second kappa shape index (κ2) is 12.0. The molecule has 0 aliphatic carbocycles. The van der Waals surface area contributed by atoms with Gasteiger partial charge in [-0.05, 0) is 12.1 Å². The summed E-state index contributed by atoms with van der Waals surface area (Å²) < 4.78 is 11.7. The molecule has 0 radical (unpaired) electrons. The Morgan fingerprint density at radius 2 is 2.00 bits per heavy atom. The van der Waals surface area contributed by atoms with Gasteiger partial charge in [-0.2, -0.15) is 5.10 Å². The average molecular weight is 590 g/mol. The van der Waals surface area contributed by atoms with Crippen LogP contribution in [0.5, 0.6) is 0 Å². The highest BCUT2D eigenvalue weighted by Crippen LogP contribution is 2.36. The average Bonchev–Trinajstić information content (AvgIpc) is 3.67. The quantitative estimate of drug-likeness (QED) is 0.131. The maximum Gasteiger partial charge on any atom is 0.302 e. The SMILES string of the molecule is CC(=O)OCCN(Cc1cc2nc(-c3cccc4[nH]ncc34)nc(N3CCOCC3)c2s1)c1ncc(C(=O)NO)cn1. The molecule has 0 atom stereocenters. The van der Waals surface area contributed by atoms with Crippen molar-refractivity contribution >= 4 is 56.1 Å². The molecule has 1 fully saturated rings. The van der Waals surface area contributed by atoms with E-state index in [0.717, 1.165) is 37.4 Å². The first kappa shape index (κ1) is 27.4. The lowest BCUT2D eigenvalue weighted by molar-refractivity contribution is -0.140. The number of ether oxygens (including phenoxy) is 2. The summed E-state index contributed by atoms with van der Waals surface area (Å²) in [6.45, 7) is 4.83. The fourth-order valence-corrected chi connectivity index (χ4v) is 5.85. The highest BCUT2D eigenvalue weighted by atomic mass is 32.1. The molecule has 5 heterocycles. The van der Waals surface area contributed by atoms with Crippen molar-refractivity contribution in [3.8, 4) is 11.4 Å². The van der Waals surface area contributed by atoms with Crippen LogP contribution in [0.25, 0.3) is 32.5 Å². The number of nitrogens with one attached hydrogen (secondary N) is 2. The Morgan fingerprint density at radius 1 is 1.19 bits per heavy atom. The van der Waals surface area contributed by atoms with Crippen molar-refractivity contribution in [3.05, 3.63) is 53.3 Å². The number of hydroxylamine groups is 1. The van der Waals surface area contributed by atoms with Gasteiger partial charge in [-0.15, -0.1) is 11.3 Å². The topological polar surface area (TPSA) is 172 Å². The Kier molecular flexibility index (Phi) is 7.85. The monoisotopic (exact) mass is 589 g/mol. The van der Waals surface area contributed by atoms with Gasteiger partial charge in [-0.3, -0.25) is 19.9 Å². The van der Waals surface area contributed by atoms with E-state index >= 15 is 0 Å². The van der Waals surface area contributed by atoms with Gasteiger partial charge in [-0.1, -0.05) is 12.1 Å². The zero-order valence-corrected chi connectivity index (χ0v) is 23.4. The first-order valence-electron chi connectivity index (χ1n) is 13.2. The molecule has 4 aromatic heterocycles. The number of aromatic nitrogens is 6. The van der Waals surface area contributed by atoms with E-state index < -0.39 is 11.9 Å². The van der Waals surface area contributed by atoms with Gasteiger partial charge in [0.25, 0.3) is 5.91 Å². The number of benzene rings is 1. The summed E-state index contributed by atoms with van der Waals surface area (Å²) in [5.74, 6) is 0.679. The lowest BCUT2D eigenvalue weighted by Gasteiger charge is -2.28. The number of aromatic amines is 1. The number of thiophene rings is 1. The summed E-state index contributed by atoms with van der Waals surface area (Å²) >= 11 is 1.57. The zero-order chi connectivity index (χ0) is 29.1. The number of hydrogen-bond acceptors (Lipinski definition) is 13. The number of morpholine rings is 1. The van der Waals surface area contributed by atoms with Gasteiger partial charge in [0.2, 0.25) is 5.95 Å². The van der Waals surface area contributed by atoms with E-state index in [4.69, 9.17) is 24.6 Å². The number of anilines is 2. The number of nitrogens with zero attached hydrogens (tertiary/aromatic N) is 7. The fraction of sp³-hybridized carbons (Fsp3) is 0.296. The lowest BCUT2D eigenvalue weighted by atomic mass is 10.1. The van der Waals surface area contributed by atoms with Crippen molar-refractivity contribution in [3.63, 3.8) is 0 Å². The van der Waals surface area contributed by atoms with Crippen LogP contribution < -0.4 is 15.3 Å². The number of carbonyl (C=O) groups excluding carboxylic acids is 2. The van der Waals surface area contributed by atoms with E-state index in [1.807, 2.05) is 29.2 Å². The Hall–Kier alpha value is -4.73.